The molecule has 0 fully saturated rings. The van der Waals surface area contributed by atoms with Gasteiger partial charge in [0.05, 0.1) is 12.1 Å². The molecule has 6 nitrogen and oxygen atoms in total. The van der Waals surface area contributed by atoms with Crippen LogP contribution in [0.3, 0.4) is 0 Å². The number of carbonyl (C=O) groups is 2. The van der Waals surface area contributed by atoms with Crippen LogP contribution in [0.15, 0.2) is 24.3 Å². The second-order valence-corrected chi connectivity index (χ2v) is 4.81. The van der Waals surface area contributed by atoms with Gasteiger partial charge in [-0.15, -0.1) is 0 Å². The summed E-state index contributed by atoms with van der Waals surface area (Å²) in [5, 5.41) is 20.5. The average molecular weight is 298 g/mol. The Hall–Kier alpha value is -2.15. The van der Waals surface area contributed by atoms with Crippen molar-refractivity contribution in [2.45, 2.75) is 32.0 Å². The fourth-order valence-electron chi connectivity index (χ4n) is 1.82. The minimum absolute atomic E-state index is 0.319. The highest BCUT2D eigenvalue weighted by Crippen LogP contribution is 2.21. The van der Waals surface area contributed by atoms with E-state index in [1.165, 1.54) is 24.9 Å². The van der Waals surface area contributed by atoms with Crippen LogP contribution in [0.25, 0.3) is 0 Å². The van der Waals surface area contributed by atoms with Crippen LogP contribution in [0.2, 0.25) is 0 Å². The first kappa shape index (κ1) is 16.9. The molecular formula is C14H19FN2O4. The van der Waals surface area contributed by atoms with Crippen LogP contribution in [0.4, 0.5) is 9.18 Å². The second-order valence-electron chi connectivity index (χ2n) is 4.81. The van der Waals surface area contributed by atoms with E-state index in [9.17, 15) is 19.1 Å². The van der Waals surface area contributed by atoms with Gasteiger partial charge in [0.25, 0.3) is 0 Å². The van der Waals surface area contributed by atoms with Gasteiger partial charge in [-0.05, 0) is 19.9 Å². The first-order valence-corrected chi connectivity index (χ1v) is 6.44. The number of carbonyl (C=O) groups excluding carboxylic acids is 1. The van der Waals surface area contributed by atoms with Gasteiger partial charge < -0.3 is 20.4 Å². The molecule has 3 atom stereocenters. The quantitative estimate of drug-likeness (QED) is 0.765. The molecule has 0 bridgehead atoms. The van der Waals surface area contributed by atoms with Crippen molar-refractivity contribution >= 4 is 12.0 Å². The smallest absolute Gasteiger partial charge is 0.328 e. The molecule has 0 aliphatic rings. The van der Waals surface area contributed by atoms with Crippen molar-refractivity contribution in [1.29, 1.82) is 0 Å². The van der Waals surface area contributed by atoms with Gasteiger partial charge in [-0.3, -0.25) is 0 Å². The summed E-state index contributed by atoms with van der Waals surface area (Å²) in [6.07, 6.45) is -1.25. The molecule has 1 aromatic carbocycles. The third-order valence-electron chi connectivity index (χ3n) is 3.28. The minimum atomic E-state index is -1.42. The van der Waals surface area contributed by atoms with Gasteiger partial charge in [-0.1, -0.05) is 18.2 Å². The van der Waals surface area contributed by atoms with Crippen molar-refractivity contribution in [3.05, 3.63) is 35.6 Å². The first-order chi connectivity index (χ1) is 9.75. The number of nitrogens with one attached hydrogen (secondary N) is 1. The number of aliphatic carboxylic acids is 1. The predicted molar refractivity (Wildman–Crippen MR) is 74.2 cm³/mol. The maximum absolute atomic E-state index is 13.7. The summed E-state index contributed by atoms with van der Waals surface area (Å²) in [5.74, 6) is -1.79. The summed E-state index contributed by atoms with van der Waals surface area (Å²) in [5.41, 5.74) is 0.319. The van der Waals surface area contributed by atoms with Crippen molar-refractivity contribution in [3.8, 4) is 0 Å². The molecule has 0 aliphatic carbocycles. The van der Waals surface area contributed by atoms with Crippen molar-refractivity contribution in [1.82, 2.24) is 10.2 Å². The predicted octanol–water partition coefficient (Wildman–Crippen LogP) is 1.36. The Balaban J connectivity index is 2.83. The maximum atomic E-state index is 13.7. The molecule has 0 aliphatic heterocycles. The van der Waals surface area contributed by atoms with E-state index in [0.717, 1.165) is 0 Å². The number of carboxylic acid groups (broad SMARTS) is 1. The molecule has 0 radical (unpaired) electrons. The van der Waals surface area contributed by atoms with Crippen molar-refractivity contribution in [2.75, 3.05) is 7.05 Å². The van der Waals surface area contributed by atoms with Crippen LogP contribution < -0.4 is 5.32 Å². The second kappa shape index (κ2) is 7.03. The topological polar surface area (TPSA) is 89.9 Å². The standard InChI is InChI=1S/C14H19FN2O4/c1-8(10-6-4-5-7-11(10)15)17(3)14(21)16-12(9(2)18)13(19)20/h4-9,12,18H,1-3H3,(H,16,21)(H,19,20)/t8?,9-,12+/m1/s1. The van der Waals surface area contributed by atoms with E-state index in [1.54, 1.807) is 25.1 Å². The minimum Gasteiger partial charge on any atom is -0.480 e. The molecule has 116 valence electrons. The van der Waals surface area contributed by atoms with Gasteiger partial charge >= 0.3 is 12.0 Å². The maximum Gasteiger partial charge on any atom is 0.328 e. The summed E-state index contributed by atoms with van der Waals surface area (Å²) in [6, 6.07) is 3.30. The fraction of sp³-hybridized carbons (Fsp3) is 0.429. The molecule has 1 unspecified atom stereocenters. The number of aliphatic hydroxyl groups excluding tert-OH is 1. The SMILES string of the molecule is CC(c1ccccc1F)N(C)C(=O)N[C@H](C(=O)O)[C@@H](C)O. The van der Waals surface area contributed by atoms with Crippen LogP contribution in [-0.2, 0) is 4.79 Å². The molecule has 7 heteroatoms. The Labute approximate surface area is 122 Å². The van der Waals surface area contributed by atoms with Gasteiger partial charge in [0, 0.05) is 12.6 Å². The number of hydrogen-bond acceptors (Lipinski definition) is 3. The lowest BCUT2D eigenvalue weighted by Gasteiger charge is -2.28. The Morgan fingerprint density at radius 2 is 1.86 bits per heavy atom. The Morgan fingerprint density at radius 1 is 1.29 bits per heavy atom. The van der Waals surface area contributed by atoms with E-state index >= 15 is 0 Å². The molecule has 3 N–H and O–H groups in total. The van der Waals surface area contributed by atoms with E-state index < -0.39 is 36.0 Å². The number of benzene rings is 1. The zero-order valence-corrected chi connectivity index (χ0v) is 12.1. The molecule has 0 saturated carbocycles. The lowest BCUT2D eigenvalue weighted by molar-refractivity contribution is -0.141. The zero-order valence-electron chi connectivity index (χ0n) is 12.1. The van der Waals surface area contributed by atoms with Gasteiger partial charge in [0.2, 0.25) is 0 Å². The van der Waals surface area contributed by atoms with E-state index in [-0.39, 0.29) is 0 Å². The van der Waals surface area contributed by atoms with Gasteiger partial charge in [-0.2, -0.15) is 0 Å². The van der Waals surface area contributed by atoms with Crippen molar-refractivity contribution in [3.63, 3.8) is 0 Å². The number of nitrogens with zero attached hydrogens (tertiary/aromatic N) is 1. The number of rotatable bonds is 5. The molecule has 0 spiro atoms. The summed E-state index contributed by atoms with van der Waals surface area (Å²) in [7, 11) is 1.42. The normalized spacial score (nSPS) is 14.9. The first-order valence-electron chi connectivity index (χ1n) is 6.44. The molecule has 2 amide bonds. The number of carboxylic acids is 1. The lowest BCUT2D eigenvalue weighted by Crippen LogP contribution is -2.51. The van der Waals surface area contributed by atoms with Crippen LogP contribution in [0, 0.1) is 5.82 Å². The zero-order chi connectivity index (χ0) is 16.2. The van der Waals surface area contributed by atoms with E-state index in [4.69, 9.17) is 5.11 Å². The third kappa shape index (κ3) is 4.16. The summed E-state index contributed by atoms with van der Waals surface area (Å²) >= 11 is 0. The van der Waals surface area contributed by atoms with Crippen LogP contribution in [0.5, 0.6) is 0 Å². The van der Waals surface area contributed by atoms with Gasteiger partial charge in [-0.25, -0.2) is 14.0 Å². The number of urea groups is 1. The Kier molecular flexibility index (Phi) is 5.66. The Morgan fingerprint density at radius 3 is 2.33 bits per heavy atom. The summed E-state index contributed by atoms with van der Waals surface area (Å²) in [6.45, 7) is 2.88. The van der Waals surface area contributed by atoms with Crippen LogP contribution in [-0.4, -0.2) is 46.3 Å². The van der Waals surface area contributed by atoms with E-state index in [2.05, 4.69) is 5.32 Å². The van der Waals surface area contributed by atoms with Gasteiger partial charge in [0.1, 0.15) is 5.82 Å². The van der Waals surface area contributed by atoms with Gasteiger partial charge in [0.15, 0.2) is 6.04 Å². The summed E-state index contributed by atoms with van der Waals surface area (Å²) in [4.78, 5) is 24.1. The van der Waals surface area contributed by atoms with Crippen LogP contribution in [0.1, 0.15) is 25.5 Å². The highest BCUT2D eigenvalue weighted by molar-refractivity contribution is 5.83. The fourth-order valence-corrected chi connectivity index (χ4v) is 1.82. The number of amides is 2. The molecule has 1 aromatic rings. The largest absolute Gasteiger partial charge is 0.480 e. The Bertz CT molecular complexity index is 521. The molecule has 0 aromatic heterocycles. The number of aliphatic hydroxyl groups is 1. The van der Waals surface area contributed by atoms with Crippen molar-refractivity contribution < 1.29 is 24.2 Å². The molecular weight excluding hydrogens is 279 g/mol. The molecule has 0 heterocycles. The third-order valence-corrected chi connectivity index (χ3v) is 3.28. The summed E-state index contributed by atoms with van der Waals surface area (Å²) < 4.78 is 13.7. The monoisotopic (exact) mass is 298 g/mol. The molecule has 1 rings (SSSR count). The highest BCUT2D eigenvalue weighted by atomic mass is 19.1. The van der Waals surface area contributed by atoms with E-state index in [1.807, 2.05) is 0 Å². The molecule has 21 heavy (non-hydrogen) atoms. The lowest BCUT2D eigenvalue weighted by atomic mass is 10.1. The number of hydrogen-bond donors (Lipinski definition) is 3. The molecule has 0 saturated heterocycles. The number of halogens is 1. The van der Waals surface area contributed by atoms with E-state index in [0.29, 0.717) is 5.56 Å². The average Bonchev–Trinajstić information content (AvgIpc) is 2.42. The van der Waals surface area contributed by atoms with Crippen molar-refractivity contribution in [2.24, 2.45) is 0 Å². The highest BCUT2D eigenvalue weighted by Gasteiger charge is 2.28. The van der Waals surface area contributed by atoms with Crippen LogP contribution >= 0.6 is 0 Å².